The number of benzene rings is 1. The smallest absolute Gasteiger partial charge is 0.428 e. The van der Waals surface area contributed by atoms with Gasteiger partial charge in [-0.2, -0.15) is 13.2 Å². The van der Waals surface area contributed by atoms with E-state index in [9.17, 15) is 23.1 Å². The van der Waals surface area contributed by atoms with Gasteiger partial charge in [0.25, 0.3) is 5.60 Å². The maximum atomic E-state index is 13.0. The zero-order valence-electron chi connectivity index (χ0n) is 11.2. The molecule has 0 saturated heterocycles. The lowest BCUT2D eigenvalue weighted by Gasteiger charge is -2.28. The average Bonchev–Trinajstić information content (AvgIpc) is 2.38. The topological polar surface area (TPSA) is 46.5 Å². The van der Waals surface area contributed by atoms with E-state index in [1.807, 2.05) is 0 Å². The molecule has 0 heterocycles. The highest BCUT2D eigenvalue weighted by Gasteiger charge is 2.60. The molecular formula is C14H14BrF3O3. The largest absolute Gasteiger partial charge is 0.464 e. The van der Waals surface area contributed by atoms with Gasteiger partial charge in [-0.15, -0.1) is 0 Å². The lowest BCUT2D eigenvalue weighted by molar-refractivity contribution is -0.260. The summed E-state index contributed by atoms with van der Waals surface area (Å²) in [6.45, 7) is 4.61. The summed E-state index contributed by atoms with van der Waals surface area (Å²) in [4.78, 5) is 11.5. The molecule has 0 fully saturated rings. The first-order valence-electron chi connectivity index (χ1n) is 6.02. The fourth-order valence-electron chi connectivity index (χ4n) is 1.64. The molecule has 1 aromatic rings. The summed E-state index contributed by atoms with van der Waals surface area (Å²) >= 11 is 3.20. The van der Waals surface area contributed by atoms with E-state index in [1.165, 1.54) is 19.1 Å². The van der Waals surface area contributed by atoms with Gasteiger partial charge in [0.2, 0.25) is 0 Å². The number of hydrogen-bond donors (Lipinski definition) is 1. The van der Waals surface area contributed by atoms with E-state index in [1.54, 1.807) is 12.1 Å². The van der Waals surface area contributed by atoms with E-state index in [2.05, 4.69) is 27.2 Å². The molecule has 21 heavy (non-hydrogen) atoms. The van der Waals surface area contributed by atoms with E-state index in [0.717, 1.165) is 4.47 Å². The molecule has 0 aliphatic carbocycles. The predicted octanol–water partition coefficient (Wildman–Crippen LogP) is 3.71. The Morgan fingerprint density at radius 3 is 2.29 bits per heavy atom. The van der Waals surface area contributed by atoms with Crippen LogP contribution in [0.25, 0.3) is 5.57 Å². The maximum absolute atomic E-state index is 13.0. The number of ether oxygens (including phenoxy) is 1. The van der Waals surface area contributed by atoms with Crippen LogP contribution in [0, 0.1) is 0 Å². The Kier molecular flexibility index (Phi) is 5.58. The fourth-order valence-corrected chi connectivity index (χ4v) is 1.90. The van der Waals surface area contributed by atoms with Gasteiger partial charge in [0, 0.05) is 10.9 Å². The van der Waals surface area contributed by atoms with E-state index < -0.39 is 24.2 Å². The molecule has 0 amide bonds. The molecule has 1 aromatic carbocycles. The zero-order chi connectivity index (χ0) is 16.3. The summed E-state index contributed by atoms with van der Waals surface area (Å²) in [5.74, 6) is -1.73. The zero-order valence-corrected chi connectivity index (χ0v) is 12.8. The number of esters is 1. The van der Waals surface area contributed by atoms with Crippen molar-refractivity contribution in [3.63, 3.8) is 0 Å². The molecule has 1 atom stereocenters. The Hall–Kier alpha value is -1.34. The molecule has 0 aliphatic rings. The van der Waals surface area contributed by atoms with Crippen LogP contribution in [0.5, 0.6) is 0 Å². The molecule has 0 saturated carbocycles. The number of carbonyl (C=O) groups is 1. The van der Waals surface area contributed by atoms with Gasteiger partial charge in [-0.3, -0.25) is 0 Å². The Bertz CT molecular complexity index is 525. The number of rotatable bonds is 5. The lowest BCUT2D eigenvalue weighted by Crippen LogP contribution is -2.53. The lowest BCUT2D eigenvalue weighted by atomic mass is 9.91. The van der Waals surface area contributed by atoms with Crippen LogP contribution in [-0.2, 0) is 9.53 Å². The minimum Gasteiger partial charge on any atom is -0.464 e. The van der Waals surface area contributed by atoms with Gasteiger partial charge >= 0.3 is 12.1 Å². The molecule has 7 heteroatoms. The van der Waals surface area contributed by atoms with Crippen molar-refractivity contribution in [2.45, 2.75) is 25.1 Å². The molecule has 0 aromatic heterocycles. The van der Waals surface area contributed by atoms with Crippen molar-refractivity contribution in [2.75, 3.05) is 6.61 Å². The Morgan fingerprint density at radius 2 is 1.86 bits per heavy atom. The first kappa shape index (κ1) is 17.7. The van der Waals surface area contributed by atoms with E-state index in [-0.39, 0.29) is 12.2 Å². The van der Waals surface area contributed by atoms with Crippen molar-refractivity contribution in [1.82, 2.24) is 0 Å². The van der Waals surface area contributed by atoms with Crippen molar-refractivity contribution in [3.05, 3.63) is 40.9 Å². The Labute approximate surface area is 128 Å². The third-order valence-corrected chi connectivity index (χ3v) is 3.33. The SMILES string of the molecule is C=C(C[C@](O)(C(=O)OCC)C(F)(F)F)c1ccc(Br)cc1. The first-order valence-corrected chi connectivity index (χ1v) is 6.81. The molecule has 0 bridgehead atoms. The highest BCUT2D eigenvalue weighted by atomic mass is 79.9. The van der Waals surface area contributed by atoms with Crippen LogP contribution >= 0.6 is 15.9 Å². The molecule has 3 nitrogen and oxygen atoms in total. The summed E-state index contributed by atoms with van der Waals surface area (Å²) in [6, 6.07) is 6.32. The van der Waals surface area contributed by atoms with Gasteiger partial charge < -0.3 is 9.84 Å². The molecule has 0 unspecified atom stereocenters. The molecule has 0 radical (unpaired) electrons. The van der Waals surface area contributed by atoms with Gasteiger partial charge in [0.15, 0.2) is 0 Å². The van der Waals surface area contributed by atoms with Crippen LogP contribution in [0.2, 0.25) is 0 Å². The second-order valence-electron chi connectivity index (χ2n) is 4.37. The summed E-state index contributed by atoms with van der Waals surface area (Å²) < 4.78 is 44.1. The van der Waals surface area contributed by atoms with Crippen LogP contribution in [0.15, 0.2) is 35.3 Å². The Morgan fingerprint density at radius 1 is 1.33 bits per heavy atom. The molecular weight excluding hydrogens is 353 g/mol. The number of carbonyl (C=O) groups excluding carboxylic acids is 1. The van der Waals surface area contributed by atoms with Gasteiger partial charge in [0.1, 0.15) is 0 Å². The second kappa shape index (κ2) is 6.62. The molecule has 0 aliphatic heterocycles. The average molecular weight is 367 g/mol. The maximum Gasteiger partial charge on any atom is 0.428 e. The molecule has 116 valence electrons. The molecule has 1 rings (SSSR count). The molecule has 0 spiro atoms. The third-order valence-electron chi connectivity index (χ3n) is 2.80. The minimum atomic E-state index is -5.16. The van der Waals surface area contributed by atoms with Gasteiger partial charge in [-0.1, -0.05) is 34.6 Å². The standard InChI is InChI=1S/C14H14BrF3O3/c1-3-21-12(19)13(20,14(16,17)18)8-9(2)10-4-6-11(15)7-5-10/h4-7,20H,2-3,8H2,1H3/t13-/m0/s1. The van der Waals surface area contributed by atoms with E-state index in [4.69, 9.17) is 0 Å². The normalized spacial score (nSPS) is 14.4. The summed E-state index contributed by atoms with van der Waals surface area (Å²) in [5, 5.41) is 9.76. The van der Waals surface area contributed by atoms with Crippen molar-refractivity contribution in [1.29, 1.82) is 0 Å². The quantitative estimate of drug-likeness (QED) is 0.808. The monoisotopic (exact) mass is 366 g/mol. The number of alkyl halides is 3. The van der Waals surface area contributed by atoms with Gasteiger partial charge in [-0.25, -0.2) is 4.79 Å². The van der Waals surface area contributed by atoms with Gasteiger partial charge in [0.05, 0.1) is 6.61 Å². The summed E-state index contributed by atoms with van der Waals surface area (Å²) in [6.07, 6.45) is -6.14. The van der Waals surface area contributed by atoms with Crippen LogP contribution < -0.4 is 0 Å². The fraction of sp³-hybridized carbons (Fsp3) is 0.357. The summed E-state index contributed by atoms with van der Waals surface area (Å²) in [5.41, 5.74) is -3.23. The van der Waals surface area contributed by atoms with Crippen LogP contribution in [0.3, 0.4) is 0 Å². The number of aliphatic hydroxyl groups is 1. The summed E-state index contributed by atoms with van der Waals surface area (Å²) in [7, 11) is 0. The Balaban J connectivity index is 3.04. The first-order chi connectivity index (χ1) is 9.61. The molecule has 1 N–H and O–H groups in total. The van der Waals surface area contributed by atoms with Crippen LogP contribution in [-0.4, -0.2) is 29.5 Å². The van der Waals surface area contributed by atoms with Crippen molar-refractivity contribution in [3.8, 4) is 0 Å². The highest BCUT2D eigenvalue weighted by molar-refractivity contribution is 9.10. The minimum absolute atomic E-state index is 0.0182. The van der Waals surface area contributed by atoms with Crippen LogP contribution in [0.1, 0.15) is 18.9 Å². The van der Waals surface area contributed by atoms with Crippen molar-refractivity contribution in [2.24, 2.45) is 0 Å². The van der Waals surface area contributed by atoms with Crippen molar-refractivity contribution >= 4 is 27.5 Å². The van der Waals surface area contributed by atoms with Gasteiger partial charge in [-0.05, 0) is 30.2 Å². The predicted molar refractivity (Wildman–Crippen MR) is 75.4 cm³/mol. The number of hydrogen-bond acceptors (Lipinski definition) is 3. The van der Waals surface area contributed by atoms with Crippen LogP contribution in [0.4, 0.5) is 13.2 Å². The second-order valence-corrected chi connectivity index (χ2v) is 5.28. The third kappa shape index (κ3) is 4.07. The van der Waals surface area contributed by atoms with E-state index >= 15 is 0 Å². The number of halogens is 4. The van der Waals surface area contributed by atoms with Crippen molar-refractivity contribution < 1.29 is 27.8 Å². The van der Waals surface area contributed by atoms with E-state index in [0.29, 0.717) is 5.56 Å². The highest BCUT2D eigenvalue weighted by Crippen LogP contribution is 2.38.